The van der Waals surface area contributed by atoms with Crippen LogP contribution in [0.25, 0.3) is 5.76 Å². The van der Waals surface area contributed by atoms with Gasteiger partial charge >= 0.3 is 0 Å². The van der Waals surface area contributed by atoms with Crippen molar-refractivity contribution in [2.75, 3.05) is 26.2 Å². The lowest BCUT2D eigenvalue weighted by atomic mass is 9.94. The molecule has 0 saturated carbocycles. The zero-order valence-electron chi connectivity index (χ0n) is 22.4. The summed E-state index contributed by atoms with van der Waals surface area (Å²) in [5, 5.41) is 11.2. The minimum Gasteiger partial charge on any atom is -0.507 e. The van der Waals surface area contributed by atoms with E-state index >= 15 is 0 Å². The topological polar surface area (TPSA) is 60.9 Å². The molecule has 1 amide bonds. The van der Waals surface area contributed by atoms with E-state index in [1.54, 1.807) is 17.0 Å². The van der Waals surface area contributed by atoms with Crippen molar-refractivity contribution in [1.29, 1.82) is 0 Å². The second-order valence-corrected chi connectivity index (χ2v) is 9.86. The highest BCUT2D eigenvalue weighted by Gasteiger charge is 2.45. The van der Waals surface area contributed by atoms with Crippen LogP contribution >= 0.6 is 0 Å². The summed E-state index contributed by atoms with van der Waals surface area (Å²) in [6.45, 7) is 12.0. The van der Waals surface area contributed by atoms with E-state index in [0.717, 1.165) is 69.3 Å². The Labute approximate surface area is 216 Å². The first kappa shape index (κ1) is 27.7. The molecule has 5 nitrogen and oxygen atoms in total. The Kier molecular flexibility index (Phi) is 10.3. The summed E-state index contributed by atoms with van der Waals surface area (Å²) in [6.07, 6.45) is 6.33. The van der Waals surface area contributed by atoms with E-state index in [1.807, 2.05) is 43.3 Å². The van der Waals surface area contributed by atoms with Gasteiger partial charge in [-0.1, -0.05) is 87.7 Å². The number of aliphatic hydroxyl groups is 1. The maximum atomic E-state index is 13.3. The molecule has 1 atom stereocenters. The van der Waals surface area contributed by atoms with Crippen LogP contribution in [-0.4, -0.2) is 52.8 Å². The fourth-order valence-corrected chi connectivity index (χ4v) is 4.82. The number of rotatable bonds is 13. The molecular formula is C31H42N2O3. The monoisotopic (exact) mass is 490 g/mol. The van der Waals surface area contributed by atoms with Gasteiger partial charge in [0.05, 0.1) is 11.6 Å². The quantitative estimate of drug-likeness (QED) is 0.204. The molecule has 1 aliphatic heterocycles. The summed E-state index contributed by atoms with van der Waals surface area (Å²) in [5.74, 6) is -1.23. The number of hydrogen-bond donors (Lipinski definition) is 1. The van der Waals surface area contributed by atoms with Crippen molar-refractivity contribution >= 4 is 17.4 Å². The maximum Gasteiger partial charge on any atom is 0.295 e. The molecule has 0 aromatic heterocycles. The van der Waals surface area contributed by atoms with E-state index in [4.69, 9.17) is 0 Å². The first-order chi connectivity index (χ1) is 17.4. The maximum absolute atomic E-state index is 13.3. The standard InChI is InChI=1S/C31H42N2O3/c1-5-8-19-32(20-9-6-2)21-10-22-33-28(25-17-13-24(7-3)14-18-25)27(30(35)31(33)36)29(34)26-15-11-23(4)12-16-26/h11-18,28,34H,5-10,19-22H2,1-4H3/t28-/m1/s1. The van der Waals surface area contributed by atoms with Gasteiger partial charge in [-0.15, -0.1) is 0 Å². The summed E-state index contributed by atoms with van der Waals surface area (Å²) < 4.78 is 0. The van der Waals surface area contributed by atoms with Crippen molar-refractivity contribution in [3.05, 3.63) is 76.4 Å². The van der Waals surface area contributed by atoms with Crippen LogP contribution in [0.15, 0.2) is 54.1 Å². The van der Waals surface area contributed by atoms with Crippen molar-refractivity contribution in [2.24, 2.45) is 0 Å². The molecular weight excluding hydrogens is 448 g/mol. The van der Waals surface area contributed by atoms with Crippen molar-refractivity contribution < 1.29 is 14.7 Å². The predicted molar refractivity (Wildman–Crippen MR) is 147 cm³/mol. The van der Waals surface area contributed by atoms with E-state index in [2.05, 4.69) is 25.7 Å². The van der Waals surface area contributed by atoms with Crippen LogP contribution in [0.5, 0.6) is 0 Å². The number of unbranched alkanes of at least 4 members (excludes halogenated alkanes) is 2. The van der Waals surface area contributed by atoms with Gasteiger partial charge in [-0.25, -0.2) is 0 Å². The average molecular weight is 491 g/mol. The molecule has 2 aromatic carbocycles. The third kappa shape index (κ3) is 6.64. The van der Waals surface area contributed by atoms with E-state index in [0.29, 0.717) is 12.1 Å². The zero-order valence-corrected chi connectivity index (χ0v) is 22.4. The number of benzene rings is 2. The highest BCUT2D eigenvalue weighted by Crippen LogP contribution is 2.39. The number of carbonyl (C=O) groups excluding carboxylic acids is 2. The molecule has 1 saturated heterocycles. The molecule has 0 radical (unpaired) electrons. The van der Waals surface area contributed by atoms with Crippen molar-refractivity contribution in [3.8, 4) is 0 Å². The minimum absolute atomic E-state index is 0.104. The molecule has 3 rings (SSSR count). The zero-order chi connectivity index (χ0) is 26.1. The summed E-state index contributed by atoms with van der Waals surface area (Å²) in [4.78, 5) is 30.7. The van der Waals surface area contributed by atoms with E-state index in [1.165, 1.54) is 5.56 Å². The lowest BCUT2D eigenvalue weighted by molar-refractivity contribution is -0.140. The normalized spacial score (nSPS) is 17.4. The Morgan fingerprint density at radius 3 is 2.00 bits per heavy atom. The van der Waals surface area contributed by atoms with Gasteiger partial charge in [0.1, 0.15) is 5.76 Å². The van der Waals surface area contributed by atoms with E-state index in [9.17, 15) is 14.7 Å². The number of carbonyl (C=O) groups is 2. The SMILES string of the molecule is CCCCN(CCCC)CCCN1C(=O)C(=O)C(=C(O)c2ccc(C)cc2)[C@H]1c1ccc(CC)cc1. The van der Waals surface area contributed by atoms with Crippen molar-refractivity contribution in [3.63, 3.8) is 0 Å². The Bertz CT molecular complexity index is 1030. The van der Waals surface area contributed by atoms with Gasteiger partial charge in [-0.05, 0) is 63.4 Å². The molecule has 0 aliphatic carbocycles. The Morgan fingerprint density at radius 2 is 1.44 bits per heavy atom. The fraction of sp³-hybridized carbons (Fsp3) is 0.484. The first-order valence-corrected chi connectivity index (χ1v) is 13.6. The van der Waals surface area contributed by atoms with Crippen LogP contribution in [0.3, 0.4) is 0 Å². The first-order valence-electron chi connectivity index (χ1n) is 13.6. The number of amides is 1. The highest BCUT2D eigenvalue weighted by atomic mass is 16.3. The number of aliphatic hydroxyl groups excluding tert-OH is 1. The largest absolute Gasteiger partial charge is 0.507 e. The molecule has 1 fully saturated rings. The number of hydrogen-bond acceptors (Lipinski definition) is 4. The predicted octanol–water partition coefficient (Wildman–Crippen LogP) is 6.27. The number of likely N-dealkylation sites (tertiary alicyclic amines) is 1. The van der Waals surface area contributed by atoms with Crippen LogP contribution in [0.1, 0.15) is 81.2 Å². The number of ketones is 1. The number of Topliss-reactive ketones (excluding diaryl/α,β-unsaturated/α-hetero) is 1. The molecule has 194 valence electrons. The second kappa shape index (κ2) is 13.4. The van der Waals surface area contributed by atoms with Crippen molar-refractivity contribution in [2.45, 2.75) is 72.3 Å². The van der Waals surface area contributed by atoms with Crippen LogP contribution in [0.4, 0.5) is 0 Å². The lowest BCUT2D eigenvalue weighted by Gasteiger charge is -2.27. The summed E-state index contributed by atoms with van der Waals surface area (Å²) in [5.41, 5.74) is 3.85. The van der Waals surface area contributed by atoms with Gasteiger partial charge in [0.2, 0.25) is 0 Å². The van der Waals surface area contributed by atoms with Gasteiger partial charge in [0, 0.05) is 12.1 Å². The lowest BCUT2D eigenvalue weighted by Crippen LogP contribution is -2.34. The summed E-state index contributed by atoms with van der Waals surface area (Å²) in [6, 6.07) is 14.9. The molecule has 0 spiro atoms. The van der Waals surface area contributed by atoms with Gasteiger partial charge in [0.15, 0.2) is 0 Å². The fourth-order valence-electron chi connectivity index (χ4n) is 4.82. The van der Waals surface area contributed by atoms with Crippen LogP contribution < -0.4 is 0 Å². The molecule has 1 N–H and O–H groups in total. The molecule has 36 heavy (non-hydrogen) atoms. The van der Waals surface area contributed by atoms with Crippen LogP contribution in [-0.2, 0) is 16.0 Å². The second-order valence-electron chi connectivity index (χ2n) is 9.86. The molecule has 0 unspecified atom stereocenters. The minimum atomic E-state index is -0.605. The van der Waals surface area contributed by atoms with Crippen LogP contribution in [0, 0.1) is 6.92 Å². The Morgan fingerprint density at radius 1 is 0.861 bits per heavy atom. The molecule has 1 heterocycles. The smallest absolute Gasteiger partial charge is 0.295 e. The Balaban J connectivity index is 1.91. The number of nitrogens with zero attached hydrogens (tertiary/aromatic N) is 2. The van der Waals surface area contributed by atoms with E-state index in [-0.39, 0.29) is 11.3 Å². The Hall–Kier alpha value is -2.92. The molecule has 5 heteroatoms. The highest BCUT2D eigenvalue weighted by molar-refractivity contribution is 6.46. The molecule has 2 aromatic rings. The average Bonchev–Trinajstić information content (AvgIpc) is 3.15. The van der Waals surface area contributed by atoms with Crippen LogP contribution in [0.2, 0.25) is 0 Å². The van der Waals surface area contributed by atoms with Gasteiger partial charge in [-0.2, -0.15) is 0 Å². The van der Waals surface area contributed by atoms with Gasteiger partial charge in [0.25, 0.3) is 11.7 Å². The molecule has 1 aliphatic rings. The third-order valence-electron chi connectivity index (χ3n) is 7.10. The summed E-state index contributed by atoms with van der Waals surface area (Å²) >= 11 is 0. The molecule has 0 bridgehead atoms. The van der Waals surface area contributed by atoms with Gasteiger partial charge < -0.3 is 14.9 Å². The third-order valence-corrected chi connectivity index (χ3v) is 7.10. The van der Waals surface area contributed by atoms with E-state index < -0.39 is 17.7 Å². The van der Waals surface area contributed by atoms with Crippen molar-refractivity contribution in [1.82, 2.24) is 9.80 Å². The number of aryl methyl sites for hydroxylation is 2. The van der Waals surface area contributed by atoms with Gasteiger partial charge in [-0.3, -0.25) is 9.59 Å². The summed E-state index contributed by atoms with van der Waals surface area (Å²) in [7, 11) is 0.